The van der Waals surface area contributed by atoms with Gasteiger partial charge in [0.1, 0.15) is 11.9 Å². The smallest absolute Gasteiger partial charge is 0.217 e. The van der Waals surface area contributed by atoms with E-state index in [0.29, 0.717) is 17.4 Å². The molecule has 1 amide bonds. The summed E-state index contributed by atoms with van der Waals surface area (Å²) in [5, 5.41) is 13.9. The van der Waals surface area contributed by atoms with Crippen LogP contribution < -0.4 is 11.1 Å². The van der Waals surface area contributed by atoms with Crippen LogP contribution in [0.15, 0.2) is 18.5 Å². The van der Waals surface area contributed by atoms with E-state index in [0.717, 1.165) is 36.0 Å². The Labute approximate surface area is 167 Å². The molecule has 5 N–H and O–H groups in total. The molecule has 0 spiro atoms. The van der Waals surface area contributed by atoms with Crippen LogP contribution in [0.4, 0.5) is 5.95 Å². The number of amides is 1. The van der Waals surface area contributed by atoms with Crippen molar-refractivity contribution >= 4 is 23.0 Å². The lowest BCUT2D eigenvalue weighted by atomic mass is 9.44. The van der Waals surface area contributed by atoms with Crippen LogP contribution >= 0.6 is 0 Å². The third-order valence-corrected chi connectivity index (χ3v) is 6.24. The van der Waals surface area contributed by atoms with Gasteiger partial charge in [0.05, 0.1) is 16.7 Å². The molecule has 2 bridgehead atoms. The number of anilines is 1. The van der Waals surface area contributed by atoms with E-state index >= 15 is 0 Å². The van der Waals surface area contributed by atoms with Crippen LogP contribution in [0, 0.1) is 5.92 Å². The zero-order valence-electron chi connectivity index (χ0n) is 16.7. The SMILES string of the molecule is CC(=O)NC12CC(n3cc(-c4cnc5nc(N)[nH]c5c4)nc3C(O)C(C)C)(C1)C2. The average molecular weight is 395 g/mol. The number of nitrogen functional groups attached to an aromatic ring is 1. The van der Waals surface area contributed by atoms with Crippen molar-refractivity contribution in [3.8, 4) is 11.3 Å². The quantitative estimate of drug-likeness (QED) is 0.521. The second-order valence-electron chi connectivity index (χ2n) is 8.98. The number of aliphatic hydroxyl groups is 1. The van der Waals surface area contributed by atoms with E-state index < -0.39 is 6.10 Å². The van der Waals surface area contributed by atoms with Crippen LogP contribution in [0.25, 0.3) is 22.4 Å². The molecule has 9 nitrogen and oxygen atoms in total. The molecule has 3 saturated carbocycles. The summed E-state index contributed by atoms with van der Waals surface area (Å²) in [7, 11) is 0. The third kappa shape index (κ3) is 2.64. The van der Waals surface area contributed by atoms with Gasteiger partial charge in [0.2, 0.25) is 5.91 Å². The molecular formula is C20H25N7O2. The van der Waals surface area contributed by atoms with Crippen molar-refractivity contribution in [2.75, 3.05) is 5.73 Å². The number of nitrogens with one attached hydrogen (secondary N) is 2. The first-order valence-corrected chi connectivity index (χ1v) is 9.89. The Morgan fingerprint density at radius 2 is 2.07 bits per heavy atom. The minimum absolute atomic E-state index is 0.00488. The number of pyridine rings is 1. The number of aromatic nitrogens is 5. The minimum atomic E-state index is -0.672. The van der Waals surface area contributed by atoms with Crippen LogP contribution in [0.1, 0.15) is 52.0 Å². The van der Waals surface area contributed by atoms with Gasteiger partial charge in [0.25, 0.3) is 0 Å². The molecule has 1 atom stereocenters. The van der Waals surface area contributed by atoms with Crippen LogP contribution in [-0.4, -0.2) is 41.1 Å². The van der Waals surface area contributed by atoms with Gasteiger partial charge in [-0.2, -0.15) is 4.98 Å². The number of H-pyrrole nitrogens is 1. The summed E-state index contributed by atoms with van der Waals surface area (Å²) in [6.45, 7) is 5.51. The summed E-state index contributed by atoms with van der Waals surface area (Å²) >= 11 is 0. The van der Waals surface area contributed by atoms with Gasteiger partial charge in [-0.3, -0.25) is 4.79 Å². The average Bonchev–Trinajstić information content (AvgIpc) is 3.17. The fourth-order valence-electron chi connectivity index (χ4n) is 4.97. The number of carbonyl (C=O) groups is 1. The topological polar surface area (TPSA) is 135 Å². The molecule has 0 aliphatic heterocycles. The second-order valence-corrected chi connectivity index (χ2v) is 8.98. The highest BCUT2D eigenvalue weighted by atomic mass is 16.3. The third-order valence-electron chi connectivity index (χ3n) is 6.24. The monoisotopic (exact) mass is 395 g/mol. The minimum Gasteiger partial charge on any atom is -0.385 e. The Balaban J connectivity index is 1.53. The molecule has 3 aromatic rings. The zero-order valence-corrected chi connectivity index (χ0v) is 16.7. The van der Waals surface area contributed by atoms with Crippen molar-refractivity contribution in [1.82, 2.24) is 29.8 Å². The highest BCUT2D eigenvalue weighted by Gasteiger charge is 2.70. The van der Waals surface area contributed by atoms with Crippen LogP contribution in [0.2, 0.25) is 0 Å². The number of rotatable bonds is 5. The van der Waals surface area contributed by atoms with E-state index in [9.17, 15) is 9.90 Å². The van der Waals surface area contributed by atoms with Crippen molar-refractivity contribution < 1.29 is 9.90 Å². The van der Waals surface area contributed by atoms with Gasteiger partial charge in [-0.15, -0.1) is 0 Å². The number of fused-ring (bicyclic) bond motifs is 1. The fourth-order valence-corrected chi connectivity index (χ4v) is 4.97. The Morgan fingerprint density at radius 1 is 1.34 bits per heavy atom. The summed E-state index contributed by atoms with van der Waals surface area (Å²) in [5.74, 6) is 1.03. The predicted octanol–water partition coefficient (Wildman–Crippen LogP) is 1.86. The summed E-state index contributed by atoms with van der Waals surface area (Å²) in [4.78, 5) is 27.8. The number of hydrogen-bond acceptors (Lipinski definition) is 6. The largest absolute Gasteiger partial charge is 0.385 e. The summed E-state index contributed by atoms with van der Waals surface area (Å²) in [5.41, 5.74) is 8.43. The maximum Gasteiger partial charge on any atom is 0.217 e. The molecule has 3 fully saturated rings. The Bertz CT molecular complexity index is 1110. The fraction of sp³-hybridized carbons (Fsp3) is 0.500. The number of imidazole rings is 2. The number of nitrogens with zero attached hydrogens (tertiary/aromatic N) is 4. The van der Waals surface area contributed by atoms with E-state index in [1.807, 2.05) is 26.1 Å². The lowest BCUT2D eigenvalue weighted by molar-refractivity contribution is -0.156. The molecule has 152 valence electrons. The number of nitrogens with two attached hydrogens (primary N) is 1. The van der Waals surface area contributed by atoms with Crippen molar-refractivity contribution in [2.45, 2.75) is 57.2 Å². The van der Waals surface area contributed by atoms with Gasteiger partial charge < -0.3 is 25.7 Å². The van der Waals surface area contributed by atoms with Gasteiger partial charge in [-0.25, -0.2) is 9.97 Å². The van der Waals surface area contributed by atoms with Gasteiger partial charge >= 0.3 is 0 Å². The number of aliphatic hydroxyl groups excluding tert-OH is 1. The first kappa shape index (κ1) is 18.1. The molecule has 6 rings (SSSR count). The maximum atomic E-state index is 11.5. The molecular weight excluding hydrogens is 370 g/mol. The van der Waals surface area contributed by atoms with E-state index in [2.05, 4.69) is 24.8 Å². The second kappa shape index (κ2) is 5.79. The van der Waals surface area contributed by atoms with Crippen LogP contribution in [0.5, 0.6) is 0 Å². The summed E-state index contributed by atoms with van der Waals surface area (Å²) < 4.78 is 2.13. The summed E-state index contributed by atoms with van der Waals surface area (Å²) in [6, 6.07) is 1.92. The summed E-state index contributed by atoms with van der Waals surface area (Å²) in [6.07, 6.45) is 5.64. The van der Waals surface area contributed by atoms with Crippen molar-refractivity contribution in [3.63, 3.8) is 0 Å². The van der Waals surface area contributed by atoms with E-state index in [1.165, 1.54) is 0 Å². The highest BCUT2D eigenvalue weighted by molar-refractivity contribution is 5.78. The maximum absolute atomic E-state index is 11.5. The van der Waals surface area contributed by atoms with Crippen molar-refractivity contribution in [2.24, 2.45) is 5.92 Å². The zero-order chi connectivity index (χ0) is 20.6. The standard InChI is InChI=1S/C20H25N7O2/c1-10(2)15(29)17-23-14(12-4-13-16(22-5-12)25-18(21)24-13)6-27(17)20-7-19(8-20,9-20)26-11(3)28/h4-6,10,15,29H,7-9H2,1-3H3,(H,26,28)(H3,21,22,24,25). The van der Waals surface area contributed by atoms with Crippen LogP contribution in [-0.2, 0) is 10.3 Å². The lowest BCUT2D eigenvalue weighted by Gasteiger charge is -2.71. The molecule has 3 aliphatic rings. The van der Waals surface area contributed by atoms with Gasteiger partial charge in [-0.1, -0.05) is 13.8 Å². The van der Waals surface area contributed by atoms with E-state index in [4.69, 9.17) is 10.7 Å². The molecule has 3 heterocycles. The highest BCUT2D eigenvalue weighted by Crippen LogP contribution is 2.65. The van der Waals surface area contributed by atoms with Crippen molar-refractivity contribution in [1.29, 1.82) is 0 Å². The Morgan fingerprint density at radius 3 is 2.72 bits per heavy atom. The molecule has 9 heteroatoms. The molecule has 0 saturated heterocycles. The Hall–Kier alpha value is -2.94. The Kier molecular flexibility index (Phi) is 3.62. The van der Waals surface area contributed by atoms with Gasteiger partial charge in [0, 0.05) is 30.4 Å². The molecule has 1 unspecified atom stereocenters. The number of hydrogen-bond donors (Lipinski definition) is 4. The molecule has 29 heavy (non-hydrogen) atoms. The predicted molar refractivity (Wildman–Crippen MR) is 108 cm³/mol. The molecule has 3 aromatic heterocycles. The van der Waals surface area contributed by atoms with Gasteiger partial charge in [0.15, 0.2) is 11.6 Å². The lowest BCUT2D eigenvalue weighted by Crippen LogP contribution is -2.78. The van der Waals surface area contributed by atoms with E-state index in [1.54, 1.807) is 13.1 Å². The number of carbonyl (C=O) groups excluding carboxylic acids is 1. The van der Waals surface area contributed by atoms with E-state index in [-0.39, 0.29) is 22.9 Å². The first-order valence-electron chi connectivity index (χ1n) is 9.89. The normalized spacial score (nSPS) is 26.2. The molecule has 3 aliphatic carbocycles. The number of aromatic amines is 1. The first-order chi connectivity index (χ1) is 13.7. The van der Waals surface area contributed by atoms with Gasteiger partial charge in [-0.05, 0) is 31.2 Å². The van der Waals surface area contributed by atoms with Crippen molar-refractivity contribution in [3.05, 3.63) is 24.3 Å². The molecule has 0 aromatic carbocycles. The van der Waals surface area contributed by atoms with Crippen LogP contribution in [0.3, 0.4) is 0 Å². The molecule has 0 radical (unpaired) electrons.